The Kier molecular flexibility index (Phi) is 3.77. The van der Waals surface area contributed by atoms with Crippen LogP contribution in [-0.2, 0) is 11.2 Å². The lowest BCUT2D eigenvalue weighted by atomic mass is 9.77. The molecule has 2 aliphatic rings. The second-order valence-electron chi connectivity index (χ2n) is 6.39. The van der Waals surface area contributed by atoms with Crippen molar-refractivity contribution in [1.82, 2.24) is 0 Å². The fourth-order valence-corrected chi connectivity index (χ4v) is 3.91. The average Bonchev–Trinajstić information content (AvgIpc) is 2.62. The molecular formula is C20H20N2O. The molecular weight excluding hydrogens is 284 g/mol. The van der Waals surface area contributed by atoms with Crippen LogP contribution in [0.2, 0.25) is 0 Å². The minimum absolute atomic E-state index is 0.129. The van der Waals surface area contributed by atoms with Gasteiger partial charge in [-0.25, -0.2) is 0 Å². The molecule has 3 atom stereocenters. The molecule has 1 N–H and O–H groups in total. The predicted octanol–water partition coefficient (Wildman–Crippen LogP) is 4.39. The van der Waals surface area contributed by atoms with Crippen molar-refractivity contribution >= 4 is 5.69 Å². The Morgan fingerprint density at radius 3 is 2.87 bits per heavy atom. The number of nitrogens with one attached hydrogen (secondary N) is 1. The van der Waals surface area contributed by atoms with Gasteiger partial charge in [0.2, 0.25) is 0 Å². The van der Waals surface area contributed by atoms with Crippen molar-refractivity contribution in [3.63, 3.8) is 0 Å². The highest BCUT2D eigenvalue weighted by Gasteiger charge is 2.39. The molecule has 0 aromatic heterocycles. The number of nitriles is 1. The van der Waals surface area contributed by atoms with Crippen LogP contribution in [0.15, 0.2) is 48.5 Å². The SMILES string of the molecule is N#CCc1ccc2c(c1)[C@H]1OCCC[C@H]1C(c1ccccc1)N2. The Bertz CT molecular complexity index is 735. The van der Waals surface area contributed by atoms with Gasteiger partial charge in [-0.1, -0.05) is 42.5 Å². The van der Waals surface area contributed by atoms with Crippen molar-refractivity contribution in [1.29, 1.82) is 5.26 Å². The molecule has 2 aromatic rings. The zero-order valence-electron chi connectivity index (χ0n) is 13.0. The van der Waals surface area contributed by atoms with E-state index in [1.807, 2.05) is 6.07 Å². The van der Waals surface area contributed by atoms with Gasteiger partial charge in [-0.3, -0.25) is 0 Å². The lowest BCUT2D eigenvalue weighted by Crippen LogP contribution is -2.36. The number of rotatable bonds is 2. The molecule has 3 heteroatoms. The molecule has 2 heterocycles. The Hall–Kier alpha value is -2.31. The molecule has 1 saturated heterocycles. The van der Waals surface area contributed by atoms with Crippen molar-refractivity contribution < 1.29 is 4.74 Å². The van der Waals surface area contributed by atoms with Gasteiger partial charge in [-0.15, -0.1) is 0 Å². The fourth-order valence-electron chi connectivity index (χ4n) is 3.91. The summed E-state index contributed by atoms with van der Waals surface area (Å²) in [5.74, 6) is 0.441. The van der Waals surface area contributed by atoms with E-state index in [-0.39, 0.29) is 12.1 Å². The van der Waals surface area contributed by atoms with Gasteiger partial charge in [0.05, 0.1) is 24.6 Å². The molecule has 23 heavy (non-hydrogen) atoms. The first-order chi connectivity index (χ1) is 11.4. The highest BCUT2D eigenvalue weighted by molar-refractivity contribution is 5.58. The highest BCUT2D eigenvalue weighted by atomic mass is 16.5. The second-order valence-corrected chi connectivity index (χ2v) is 6.39. The van der Waals surface area contributed by atoms with Gasteiger partial charge in [0.1, 0.15) is 0 Å². The topological polar surface area (TPSA) is 45.0 Å². The van der Waals surface area contributed by atoms with Crippen LogP contribution in [0.1, 0.15) is 41.7 Å². The van der Waals surface area contributed by atoms with Crippen LogP contribution >= 0.6 is 0 Å². The van der Waals surface area contributed by atoms with Crippen LogP contribution < -0.4 is 5.32 Å². The van der Waals surface area contributed by atoms with E-state index in [0.717, 1.165) is 24.3 Å². The van der Waals surface area contributed by atoms with E-state index < -0.39 is 0 Å². The molecule has 0 aliphatic carbocycles. The minimum atomic E-state index is 0.129. The van der Waals surface area contributed by atoms with E-state index in [1.54, 1.807) is 0 Å². The third kappa shape index (κ3) is 2.60. The monoisotopic (exact) mass is 304 g/mol. The van der Waals surface area contributed by atoms with E-state index >= 15 is 0 Å². The zero-order chi connectivity index (χ0) is 15.6. The number of nitrogens with zero attached hydrogens (tertiary/aromatic N) is 1. The normalized spacial score (nSPS) is 25.6. The summed E-state index contributed by atoms with van der Waals surface area (Å²) in [5, 5.41) is 12.7. The first kappa shape index (κ1) is 14.3. The largest absolute Gasteiger partial charge is 0.378 e. The number of fused-ring (bicyclic) bond motifs is 3. The highest BCUT2D eigenvalue weighted by Crippen LogP contribution is 2.49. The Morgan fingerprint density at radius 1 is 1.17 bits per heavy atom. The summed E-state index contributed by atoms with van der Waals surface area (Å²) in [6.45, 7) is 0.824. The van der Waals surface area contributed by atoms with Crippen LogP contribution in [-0.4, -0.2) is 6.61 Å². The fraction of sp³-hybridized carbons (Fsp3) is 0.350. The number of hydrogen-bond acceptors (Lipinski definition) is 3. The van der Waals surface area contributed by atoms with E-state index in [0.29, 0.717) is 12.3 Å². The lowest BCUT2D eigenvalue weighted by molar-refractivity contribution is -0.0381. The van der Waals surface area contributed by atoms with Crippen LogP contribution in [0, 0.1) is 17.2 Å². The van der Waals surface area contributed by atoms with E-state index in [2.05, 4.69) is 53.9 Å². The van der Waals surface area contributed by atoms with Crippen LogP contribution in [0.25, 0.3) is 0 Å². The molecule has 0 radical (unpaired) electrons. The van der Waals surface area contributed by atoms with E-state index in [9.17, 15) is 0 Å². The standard InChI is InChI=1S/C20H20N2O/c21-11-10-14-8-9-18-17(13-14)20-16(7-4-12-23-20)19(22-18)15-5-2-1-3-6-15/h1-3,5-6,8-9,13,16,19-20,22H,4,7,10,12H2/t16-,19?,20-/m0/s1. The van der Waals surface area contributed by atoms with Gasteiger partial charge in [-0.05, 0) is 30.0 Å². The van der Waals surface area contributed by atoms with Crippen molar-refractivity contribution in [3.8, 4) is 6.07 Å². The van der Waals surface area contributed by atoms with Crippen molar-refractivity contribution in [2.45, 2.75) is 31.4 Å². The zero-order valence-corrected chi connectivity index (χ0v) is 13.0. The first-order valence-electron chi connectivity index (χ1n) is 8.29. The molecule has 2 aromatic carbocycles. The predicted molar refractivity (Wildman–Crippen MR) is 90.0 cm³/mol. The van der Waals surface area contributed by atoms with Gasteiger partial charge in [-0.2, -0.15) is 5.26 Å². The Balaban J connectivity index is 1.75. The number of anilines is 1. The molecule has 4 rings (SSSR count). The summed E-state index contributed by atoms with van der Waals surface area (Å²) in [6.07, 6.45) is 2.86. The molecule has 2 aliphatic heterocycles. The molecule has 0 saturated carbocycles. The van der Waals surface area contributed by atoms with Crippen LogP contribution in [0.5, 0.6) is 0 Å². The third-order valence-electron chi connectivity index (χ3n) is 4.97. The third-order valence-corrected chi connectivity index (χ3v) is 4.97. The maximum absolute atomic E-state index is 8.95. The van der Waals surface area contributed by atoms with E-state index in [1.165, 1.54) is 17.5 Å². The molecule has 1 fully saturated rings. The summed E-state index contributed by atoms with van der Waals surface area (Å²) >= 11 is 0. The Labute approximate surface area is 136 Å². The molecule has 0 bridgehead atoms. The van der Waals surface area contributed by atoms with Gasteiger partial charge in [0, 0.05) is 23.8 Å². The van der Waals surface area contributed by atoms with Crippen molar-refractivity contribution in [2.24, 2.45) is 5.92 Å². The molecule has 3 nitrogen and oxygen atoms in total. The maximum atomic E-state index is 8.95. The second kappa shape index (κ2) is 6.06. The molecule has 1 unspecified atom stereocenters. The average molecular weight is 304 g/mol. The van der Waals surface area contributed by atoms with Crippen LogP contribution in [0.4, 0.5) is 5.69 Å². The van der Waals surface area contributed by atoms with Crippen LogP contribution in [0.3, 0.4) is 0 Å². The van der Waals surface area contributed by atoms with Gasteiger partial charge in [0.15, 0.2) is 0 Å². The molecule has 116 valence electrons. The minimum Gasteiger partial charge on any atom is -0.378 e. The van der Waals surface area contributed by atoms with Crippen molar-refractivity contribution in [3.05, 3.63) is 65.2 Å². The maximum Gasteiger partial charge on any atom is 0.0895 e. The summed E-state index contributed by atoms with van der Waals surface area (Å²) < 4.78 is 6.17. The Morgan fingerprint density at radius 2 is 2.04 bits per heavy atom. The van der Waals surface area contributed by atoms with Gasteiger partial charge in [0.25, 0.3) is 0 Å². The lowest BCUT2D eigenvalue weighted by Gasteiger charge is -2.43. The van der Waals surface area contributed by atoms with E-state index in [4.69, 9.17) is 10.00 Å². The number of hydrogen-bond donors (Lipinski definition) is 1. The number of ether oxygens (including phenoxy) is 1. The number of benzene rings is 2. The first-order valence-corrected chi connectivity index (χ1v) is 8.29. The van der Waals surface area contributed by atoms with Crippen molar-refractivity contribution in [2.75, 3.05) is 11.9 Å². The quantitative estimate of drug-likeness (QED) is 0.895. The van der Waals surface area contributed by atoms with Gasteiger partial charge < -0.3 is 10.1 Å². The summed E-state index contributed by atoms with van der Waals surface area (Å²) in [6, 6.07) is 19.5. The smallest absolute Gasteiger partial charge is 0.0895 e. The molecule has 0 spiro atoms. The summed E-state index contributed by atoms with van der Waals surface area (Å²) in [5.41, 5.74) is 4.75. The summed E-state index contributed by atoms with van der Waals surface area (Å²) in [4.78, 5) is 0. The van der Waals surface area contributed by atoms with Gasteiger partial charge >= 0.3 is 0 Å². The summed E-state index contributed by atoms with van der Waals surface area (Å²) in [7, 11) is 0. The molecule has 0 amide bonds.